The number of halogens is 3. The maximum Gasteiger partial charge on any atom is 0.416 e. The smallest absolute Gasteiger partial charge is 0.382 e. The summed E-state index contributed by atoms with van der Waals surface area (Å²) in [5, 5.41) is 9.79. The molecule has 2 aromatic carbocycles. The lowest BCUT2D eigenvalue weighted by atomic mass is 10.1. The van der Waals surface area contributed by atoms with Gasteiger partial charge < -0.3 is 10.1 Å². The van der Waals surface area contributed by atoms with E-state index in [1.807, 2.05) is 6.92 Å². The number of alkyl halides is 3. The Hall–Kier alpha value is -3.73. The average Bonchev–Trinajstić information content (AvgIpc) is 3.22. The van der Waals surface area contributed by atoms with Crippen LogP contribution in [0.5, 0.6) is 0 Å². The molecule has 0 saturated heterocycles. The standard InChI is InChI=1S/C22H20F3N5O3/c1-2-33-10-4-9-26-20(31)14-7-8-16-17(12-14)30-19(27-21(16)32)18(28-29-30)13-5-3-6-15(11-13)22(23,24)25/h3,5-8,11-12,29H,2,4,9-10H2,1H3,(H,26,31). The molecule has 33 heavy (non-hydrogen) atoms. The van der Waals surface area contributed by atoms with Crippen LogP contribution in [-0.2, 0) is 10.9 Å². The maximum absolute atomic E-state index is 13.1. The molecule has 2 aromatic heterocycles. The van der Waals surface area contributed by atoms with Crippen LogP contribution in [0.4, 0.5) is 13.2 Å². The van der Waals surface area contributed by atoms with Crippen LogP contribution < -0.4 is 10.9 Å². The predicted octanol–water partition coefficient (Wildman–Crippen LogP) is 3.41. The summed E-state index contributed by atoms with van der Waals surface area (Å²) in [6, 6.07) is 9.11. The van der Waals surface area contributed by atoms with Gasteiger partial charge in [0.15, 0.2) is 5.65 Å². The van der Waals surface area contributed by atoms with Crippen LogP contribution in [0.3, 0.4) is 0 Å². The SMILES string of the molecule is CCOCCCNC(=O)c1ccc2c(=O)nc3c(-c4cccc(C(F)(F)F)c4)n[nH]n3c2c1. The Morgan fingerprint density at radius 3 is 2.79 bits per heavy atom. The number of carbonyl (C=O) groups is 1. The van der Waals surface area contributed by atoms with Crippen molar-refractivity contribution in [3.05, 3.63) is 63.9 Å². The molecule has 0 saturated carbocycles. The first-order valence-electron chi connectivity index (χ1n) is 10.2. The number of amides is 1. The van der Waals surface area contributed by atoms with Gasteiger partial charge in [0.2, 0.25) is 0 Å². The van der Waals surface area contributed by atoms with Crippen molar-refractivity contribution in [3.63, 3.8) is 0 Å². The molecule has 172 valence electrons. The number of rotatable bonds is 7. The van der Waals surface area contributed by atoms with E-state index in [0.29, 0.717) is 37.3 Å². The van der Waals surface area contributed by atoms with Gasteiger partial charge >= 0.3 is 6.18 Å². The van der Waals surface area contributed by atoms with E-state index in [2.05, 4.69) is 20.6 Å². The van der Waals surface area contributed by atoms with E-state index < -0.39 is 17.3 Å². The molecule has 4 aromatic rings. The Morgan fingerprint density at radius 2 is 2.03 bits per heavy atom. The third-order valence-electron chi connectivity index (χ3n) is 5.04. The van der Waals surface area contributed by atoms with Crippen molar-refractivity contribution in [2.24, 2.45) is 0 Å². The van der Waals surface area contributed by atoms with Crippen LogP contribution in [0.25, 0.3) is 27.8 Å². The number of aromatic nitrogens is 4. The molecule has 0 aliphatic carbocycles. The zero-order valence-corrected chi connectivity index (χ0v) is 17.6. The van der Waals surface area contributed by atoms with E-state index in [-0.39, 0.29) is 28.2 Å². The van der Waals surface area contributed by atoms with Gasteiger partial charge in [0.05, 0.1) is 16.5 Å². The Kier molecular flexibility index (Phi) is 6.14. The summed E-state index contributed by atoms with van der Waals surface area (Å²) in [6.07, 6.45) is -3.87. The molecule has 0 atom stereocenters. The summed E-state index contributed by atoms with van der Waals surface area (Å²) < 4.78 is 46.0. The number of H-pyrrole nitrogens is 1. The molecule has 2 heterocycles. The fraction of sp³-hybridized carbons (Fsp3) is 0.273. The molecule has 0 radical (unpaired) electrons. The van der Waals surface area contributed by atoms with Gasteiger partial charge in [0.1, 0.15) is 5.69 Å². The van der Waals surface area contributed by atoms with Gasteiger partial charge in [0.25, 0.3) is 11.5 Å². The molecule has 2 N–H and O–H groups in total. The second-order valence-electron chi connectivity index (χ2n) is 7.25. The minimum atomic E-state index is -4.52. The van der Waals surface area contributed by atoms with Crippen molar-refractivity contribution in [2.45, 2.75) is 19.5 Å². The van der Waals surface area contributed by atoms with Crippen molar-refractivity contribution in [1.29, 1.82) is 0 Å². The largest absolute Gasteiger partial charge is 0.416 e. The number of nitrogens with zero attached hydrogens (tertiary/aromatic N) is 3. The Bertz CT molecular complexity index is 1380. The summed E-state index contributed by atoms with van der Waals surface area (Å²) >= 11 is 0. The van der Waals surface area contributed by atoms with Crippen LogP contribution in [0.1, 0.15) is 29.3 Å². The molecule has 11 heteroatoms. The Balaban J connectivity index is 1.72. The lowest BCUT2D eigenvalue weighted by Gasteiger charge is -2.08. The number of nitrogens with one attached hydrogen (secondary N) is 2. The van der Waals surface area contributed by atoms with Crippen LogP contribution in [0.2, 0.25) is 0 Å². The highest BCUT2D eigenvalue weighted by Crippen LogP contribution is 2.32. The maximum atomic E-state index is 13.1. The van der Waals surface area contributed by atoms with Gasteiger partial charge in [-0.15, -0.1) is 0 Å². The van der Waals surface area contributed by atoms with Gasteiger partial charge in [-0.25, -0.2) is 9.73 Å². The van der Waals surface area contributed by atoms with Crippen LogP contribution in [0, 0.1) is 0 Å². The van der Waals surface area contributed by atoms with Crippen LogP contribution in [0.15, 0.2) is 47.3 Å². The molecule has 8 nitrogen and oxygen atoms in total. The van der Waals surface area contributed by atoms with Gasteiger partial charge in [-0.3, -0.25) is 9.59 Å². The van der Waals surface area contributed by atoms with E-state index in [1.165, 1.54) is 34.8 Å². The second kappa shape index (κ2) is 9.02. The molecule has 0 bridgehead atoms. The van der Waals surface area contributed by atoms with E-state index in [4.69, 9.17) is 4.74 Å². The monoisotopic (exact) mass is 459 g/mol. The zero-order valence-electron chi connectivity index (χ0n) is 17.6. The lowest BCUT2D eigenvalue weighted by molar-refractivity contribution is -0.137. The molecule has 0 spiro atoms. The van der Waals surface area contributed by atoms with Crippen LogP contribution in [-0.4, -0.2) is 45.5 Å². The molecular formula is C22H20F3N5O3. The third-order valence-corrected chi connectivity index (χ3v) is 5.04. The number of aromatic amines is 1. The van der Waals surface area contributed by atoms with Crippen molar-refractivity contribution >= 4 is 22.5 Å². The molecule has 0 aliphatic heterocycles. The zero-order chi connectivity index (χ0) is 23.6. The van der Waals surface area contributed by atoms with E-state index in [0.717, 1.165) is 12.1 Å². The first-order valence-corrected chi connectivity index (χ1v) is 10.2. The number of benzene rings is 2. The highest BCUT2D eigenvalue weighted by Gasteiger charge is 2.31. The van der Waals surface area contributed by atoms with Crippen molar-refractivity contribution < 1.29 is 22.7 Å². The normalized spacial score (nSPS) is 11.9. The molecule has 0 aliphatic rings. The first-order chi connectivity index (χ1) is 15.8. The summed E-state index contributed by atoms with van der Waals surface area (Å²) in [7, 11) is 0. The Labute approximate surface area is 185 Å². The molecule has 0 unspecified atom stereocenters. The summed E-state index contributed by atoms with van der Waals surface area (Å²) in [5.74, 6) is -0.330. The van der Waals surface area contributed by atoms with Gasteiger partial charge in [-0.05, 0) is 43.7 Å². The van der Waals surface area contributed by atoms with Gasteiger partial charge in [-0.2, -0.15) is 23.3 Å². The van der Waals surface area contributed by atoms with E-state index >= 15 is 0 Å². The highest BCUT2D eigenvalue weighted by atomic mass is 19.4. The molecular weight excluding hydrogens is 439 g/mol. The number of carbonyl (C=O) groups excluding carboxylic acids is 1. The molecule has 1 amide bonds. The first kappa shape index (κ1) is 22.5. The topological polar surface area (TPSA) is 101 Å². The number of fused-ring (bicyclic) bond motifs is 3. The number of hydrogen-bond acceptors (Lipinski definition) is 5. The van der Waals surface area contributed by atoms with Gasteiger partial charge in [-0.1, -0.05) is 12.1 Å². The fourth-order valence-electron chi connectivity index (χ4n) is 3.43. The Morgan fingerprint density at radius 1 is 1.21 bits per heavy atom. The number of ether oxygens (including phenoxy) is 1. The van der Waals surface area contributed by atoms with Crippen molar-refractivity contribution in [3.8, 4) is 11.3 Å². The molecule has 4 rings (SSSR count). The fourth-order valence-corrected chi connectivity index (χ4v) is 3.43. The summed E-state index contributed by atoms with van der Waals surface area (Å²) in [6.45, 7) is 3.44. The summed E-state index contributed by atoms with van der Waals surface area (Å²) in [5.41, 5.74) is -0.480. The van der Waals surface area contributed by atoms with Crippen molar-refractivity contribution in [1.82, 2.24) is 25.1 Å². The van der Waals surface area contributed by atoms with E-state index in [9.17, 15) is 22.8 Å². The van der Waals surface area contributed by atoms with E-state index in [1.54, 1.807) is 0 Å². The minimum Gasteiger partial charge on any atom is -0.382 e. The number of hydrogen-bond donors (Lipinski definition) is 2. The van der Waals surface area contributed by atoms with Gasteiger partial charge in [0, 0.05) is 30.9 Å². The van der Waals surface area contributed by atoms with Crippen LogP contribution >= 0.6 is 0 Å². The predicted molar refractivity (Wildman–Crippen MR) is 115 cm³/mol. The third kappa shape index (κ3) is 4.58. The minimum absolute atomic E-state index is 0.0566. The highest BCUT2D eigenvalue weighted by molar-refractivity contribution is 5.98. The summed E-state index contributed by atoms with van der Waals surface area (Å²) in [4.78, 5) is 29.1. The second-order valence-corrected chi connectivity index (χ2v) is 7.25. The van der Waals surface area contributed by atoms with Crippen molar-refractivity contribution in [2.75, 3.05) is 19.8 Å². The molecule has 0 fully saturated rings. The quantitative estimate of drug-likeness (QED) is 0.413. The lowest BCUT2D eigenvalue weighted by Crippen LogP contribution is -2.25. The average molecular weight is 459 g/mol.